The zero-order chi connectivity index (χ0) is 12.6. The van der Waals surface area contributed by atoms with Gasteiger partial charge in [0.15, 0.2) is 0 Å². The standard InChI is InChI=1S/C14H31NO/c1-6-8-9-10-15(12(3)4)11-14(16)13(5)7-2/h12-14,16H,6-11H2,1-5H3. The van der Waals surface area contributed by atoms with Crippen molar-refractivity contribution in [3.05, 3.63) is 0 Å². The Kier molecular flexibility index (Phi) is 8.96. The first kappa shape index (κ1) is 15.9. The summed E-state index contributed by atoms with van der Waals surface area (Å²) in [6.07, 6.45) is 4.70. The Hall–Kier alpha value is -0.0800. The topological polar surface area (TPSA) is 23.5 Å². The maximum absolute atomic E-state index is 10.1. The third kappa shape index (κ3) is 6.49. The zero-order valence-electron chi connectivity index (χ0n) is 11.9. The highest BCUT2D eigenvalue weighted by Crippen LogP contribution is 2.11. The molecule has 2 heteroatoms. The highest BCUT2D eigenvalue weighted by Gasteiger charge is 2.18. The van der Waals surface area contributed by atoms with Crippen LogP contribution in [0.15, 0.2) is 0 Å². The van der Waals surface area contributed by atoms with Gasteiger partial charge >= 0.3 is 0 Å². The lowest BCUT2D eigenvalue weighted by atomic mass is 10.0. The summed E-state index contributed by atoms with van der Waals surface area (Å²) in [5.74, 6) is 0.410. The van der Waals surface area contributed by atoms with Gasteiger partial charge in [-0.2, -0.15) is 0 Å². The molecule has 0 spiro atoms. The predicted molar refractivity (Wildman–Crippen MR) is 71.7 cm³/mol. The van der Waals surface area contributed by atoms with E-state index in [9.17, 15) is 5.11 Å². The molecule has 2 unspecified atom stereocenters. The maximum atomic E-state index is 10.1. The van der Waals surface area contributed by atoms with Crippen molar-refractivity contribution in [2.75, 3.05) is 13.1 Å². The van der Waals surface area contributed by atoms with E-state index in [0.29, 0.717) is 12.0 Å². The molecule has 2 nitrogen and oxygen atoms in total. The molecule has 0 aromatic carbocycles. The SMILES string of the molecule is CCCCCN(CC(O)C(C)CC)C(C)C. The number of hydrogen-bond acceptors (Lipinski definition) is 2. The molecule has 0 rings (SSSR count). The van der Waals surface area contributed by atoms with E-state index >= 15 is 0 Å². The van der Waals surface area contributed by atoms with E-state index in [1.54, 1.807) is 0 Å². The molecule has 0 fully saturated rings. The molecule has 2 atom stereocenters. The molecule has 0 aromatic rings. The smallest absolute Gasteiger partial charge is 0.0692 e. The number of nitrogens with zero attached hydrogens (tertiary/aromatic N) is 1. The predicted octanol–water partition coefficient (Wildman–Crippen LogP) is 3.29. The highest BCUT2D eigenvalue weighted by molar-refractivity contribution is 4.71. The summed E-state index contributed by atoms with van der Waals surface area (Å²) in [6, 6.07) is 0.538. The molecule has 0 radical (unpaired) electrons. The molecule has 0 aliphatic carbocycles. The Morgan fingerprint density at radius 3 is 2.12 bits per heavy atom. The number of unbranched alkanes of at least 4 members (excludes halogenated alkanes) is 2. The van der Waals surface area contributed by atoms with Crippen molar-refractivity contribution in [3.63, 3.8) is 0 Å². The van der Waals surface area contributed by atoms with Crippen LogP contribution >= 0.6 is 0 Å². The van der Waals surface area contributed by atoms with Crippen LogP contribution in [0.4, 0.5) is 0 Å². The van der Waals surface area contributed by atoms with Crippen LogP contribution in [0.5, 0.6) is 0 Å². The van der Waals surface area contributed by atoms with Crippen LogP contribution in [0.2, 0.25) is 0 Å². The van der Waals surface area contributed by atoms with Gasteiger partial charge < -0.3 is 5.11 Å². The van der Waals surface area contributed by atoms with Gasteiger partial charge in [-0.05, 0) is 32.7 Å². The van der Waals surface area contributed by atoms with E-state index in [1.165, 1.54) is 19.3 Å². The lowest BCUT2D eigenvalue weighted by molar-refractivity contribution is 0.0558. The first-order chi connectivity index (χ1) is 7.52. The van der Waals surface area contributed by atoms with Crippen molar-refractivity contribution in [2.45, 2.75) is 72.4 Å². The second-order valence-corrected chi connectivity index (χ2v) is 5.25. The van der Waals surface area contributed by atoms with E-state index in [-0.39, 0.29) is 6.10 Å². The average Bonchev–Trinajstić information content (AvgIpc) is 2.26. The van der Waals surface area contributed by atoms with Crippen LogP contribution in [0.1, 0.15) is 60.3 Å². The lowest BCUT2D eigenvalue weighted by Crippen LogP contribution is -2.40. The summed E-state index contributed by atoms with van der Waals surface area (Å²) in [5.41, 5.74) is 0. The average molecular weight is 229 g/mol. The second kappa shape index (κ2) is 9.00. The van der Waals surface area contributed by atoms with Crippen molar-refractivity contribution < 1.29 is 5.11 Å². The summed E-state index contributed by atoms with van der Waals surface area (Å²) in [6.45, 7) is 12.9. The lowest BCUT2D eigenvalue weighted by Gasteiger charge is -2.30. The van der Waals surface area contributed by atoms with E-state index < -0.39 is 0 Å². The minimum absolute atomic E-state index is 0.172. The monoisotopic (exact) mass is 229 g/mol. The highest BCUT2D eigenvalue weighted by atomic mass is 16.3. The fourth-order valence-corrected chi connectivity index (χ4v) is 1.82. The van der Waals surface area contributed by atoms with Crippen molar-refractivity contribution in [1.29, 1.82) is 0 Å². The van der Waals surface area contributed by atoms with Crippen LogP contribution in [-0.4, -0.2) is 35.2 Å². The van der Waals surface area contributed by atoms with Crippen molar-refractivity contribution >= 4 is 0 Å². The van der Waals surface area contributed by atoms with Gasteiger partial charge in [0, 0.05) is 12.6 Å². The van der Waals surface area contributed by atoms with Crippen LogP contribution in [0.25, 0.3) is 0 Å². The Bertz CT molecular complexity index is 159. The van der Waals surface area contributed by atoms with Gasteiger partial charge in [-0.15, -0.1) is 0 Å². The van der Waals surface area contributed by atoms with Crippen LogP contribution in [-0.2, 0) is 0 Å². The number of rotatable bonds is 9. The molecule has 0 bridgehead atoms. The summed E-state index contributed by atoms with van der Waals surface area (Å²) in [7, 11) is 0. The molecule has 0 amide bonds. The molecule has 0 heterocycles. The Labute approximate surface area is 102 Å². The quantitative estimate of drug-likeness (QED) is 0.613. The molecule has 1 N–H and O–H groups in total. The van der Waals surface area contributed by atoms with E-state index in [0.717, 1.165) is 19.5 Å². The fourth-order valence-electron chi connectivity index (χ4n) is 1.82. The third-order valence-corrected chi connectivity index (χ3v) is 3.50. The normalized spacial score (nSPS) is 15.8. The van der Waals surface area contributed by atoms with Gasteiger partial charge in [0.25, 0.3) is 0 Å². The molecule has 98 valence electrons. The van der Waals surface area contributed by atoms with E-state index in [2.05, 4.69) is 39.5 Å². The van der Waals surface area contributed by atoms with Crippen LogP contribution in [0, 0.1) is 5.92 Å². The molecule has 0 aliphatic heterocycles. The largest absolute Gasteiger partial charge is 0.392 e. The Morgan fingerprint density at radius 1 is 1.06 bits per heavy atom. The van der Waals surface area contributed by atoms with Crippen molar-refractivity contribution in [3.8, 4) is 0 Å². The number of hydrogen-bond donors (Lipinski definition) is 1. The minimum Gasteiger partial charge on any atom is -0.392 e. The Morgan fingerprint density at radius 2 is 1.69 bits per heavy atom. The van der Waals surface area contributed by atoms with Gasteiger partial charge in [-0.1, -0.05) is 40.0 Å². The minimum atomic E-state index is -0.172. The molecule has 0 aromatic heterocycles. The third-order valence-electron chi connectivity index (χ3n) is 3.50. The summed E-state index contributed by atoms with van der Waals surface area (Å²) in [5, 5.41) is 10.1. The van der Waals surface area contributed by atoms with Crippen molar-refractivity contribution in [2.24, 2.45) is 5.92 Å². The first-order valence-electron chi connectivity index (χ1n) is 6.94. The van der Waals surface area contributed by atoms with Gasteiger partial charge in [0.1, 0.15) is 0 Å². The molecular formula is C14H31NO. The van der Waals surface area contributed by atoms with Gasteiger partial charge in [-0.3, -0.25) is 4.90 Å². The van der Waals surface area contributed by atoms with Gasteiger partial charge in [0.05, 0.1) is 6.10 Å². The van der Waals surface area contributed by atoms with Crippen molar-refractivity contribution in [1.82, 2.24) is 4.90 Å². The fraction of sp³-hybridized carbons (Fsp3) is 1.00. The zero-order valence-corrected chi connectivity index (χ0v) is 11.9. The van der Waals surface area contributed by atoms with Crippen LogP contribution in [0.3, 0.4) is 0 Å². The molecule has 0 aliphatic rings. The summed E-state index contributed by atoms with van der Waals surface area (Å²) >= 11 is 0. The number of aliphatic hydroxyl groups excluding tert-OH is 1. The van der Waals surface area contributed by atoms with Gasteiger partial charge in [-0.25, -0.2) is 0 Å². The molecular weight excluding hydrogens is 198 g/mol. The van der Waals surface area contributed by atoms with Crippen LogP contribution < -0.4 is 0 Å². The summed E-state index contributed by atoms with van der Waals surface area (Å²) < 4.78 is 0. The second-order valence-electron chi connectivity index (χ2n) is 5.25. The first-order valence-corrected chi connectivity index (χ1v) is 6.94. The number of aliphatic hydroxyl groups is 1. The Balaban J connectivity index is 4.01. The van der Waals surface area contributed by atoms with E-state index in [1.807, 2.05) is 0 Å². The van der Waals surface area contributed by atoms with E-state index in [4.69, 9.17) is 0 Å². The molecule has 0 saturated carbocycles. The summed E-state index contributed by atoms with van der Waals surface area (Å²) in [4.78, 5) is 2.41. The molecule has 0 saturated heterocycles. The maximum Gasteiger partial charge on any atom is 0.0692 e. The molecule has 16 heavy (non-hydrogen) atoms. The van der Waals surface area contributed by atoms with Gasteiger partial charge in [0.2, 0.25) is 0 Å².